The number of hydrogen-bond donors (Lipinski definition) is 1. The van der Waals surface area contributed by atoms with E-state index >= 15 is 0 Å². The van der Waals surface area contributed by atoms with Crippen molar-refractivity contribution >= 4 is 11.8 Å². The molecule has 2 amide bonds. The Hall–Kier alpha value is -1.69. The van der Waals surface area contributed by atoms with Gasteiger partial charge in [-0.15, -0.1) is 0 Å². The number of nitrogens with zero attached hydrogens (tertiary/aromatic N) is 3. The number of imide groups is 1. The Morgan fingerprint density at radius 1 is 1.42 bits per heavy atom. The van der Waals surface area contributed by atoms with Crippen molar-refractivity contribution in [2.24, 2.45) is 5.73 Å². The predicted molar refractivity (Wildman–Crippen MR) is 70.0 cm³/mol. The minimum atomic E-state index is -0.554. The number of amides is 2. The fourth-order valence-corrected chi connectivity index (χ4v) is 2.28. The van der Waals surface area contributed by atoms with Crippen LogP contribution in [0.15, 0.2) is 6.07 Å². The van der Waals surface area contributed by atoms with Crippen LogP contribution in [0.2, 0.25) is 0 Å². The van der Waals surface area contributed by atoms with E-state index in [9.17, 15) is 9.59 Å². The van der Waals surface area contributed by atoms with Crippen LogP contribution in [0.3, 0.4) is 0 Å². The second-order valence-corrected chi connectivity index (χ2v) is 4.76. The standard InChI is InChI=1S/C13H20N4O2/c1-3-9-7-10(17(4-2)15-9)8-16-12(18)6-5-11(14)13(16)19/h7,11H,3-6,8,14H2,1-2H3. The minimum Gasteiger partial charge on any atom is -0.320 e. The topological polar surface area (TPSA) is 81.2 Å². The van der Waals surface area contributed by atoms with Crippen molar-refractivity contribution in [3.63, 3.8) is 0 Å². The van der Waals surface area contributed by atoms with Gasteiger partial charge >= 0.3 is 0 Å². The van der Waals surface area contributed by atoms with E-state index in [1.807, 2.05) is 24.6 Å². The Bertz CT molecular complexity index is 495. The van der Waals surface area contributed by atoms with E-state index in [2.05, 4.69) is 5.10 Å². The number of nitrogens with two attached hydrogens (primary N) is 1. The third-order valence-corrected chi connectivity index (χ3v) is 3.45. The fraction of sp³-hybridized carbons (Fsp3) is 0.615. The van der Waals surface area contributed by atoms with Crippen molar-refractivity contribution in [3.05, 3.63) is 17.5 Å². The van der Waals surface area contributed by atoms with Crippen molar-refractivity contribution in [1.82, 2.24) is 14.7 Å². The van der Waals surface area contributed by atoms with Crippen LogP contribution in [0.25, 0.3) is 0 Å². The number of carbonyl (C=O) groups is 2. The van der Waals surface area contributed by atoms with Gasteiger partial charge in [-0.05, 0) is 25.8 Å². The molecule has 104 valence electrons. The summed E-state index contributed by atoms with van der Waals surface area (Å²) >= 11 is 0. The molecule has 1 aliphatic rings. The molecule has 0 radical (unpaired) electrons. The molecule has 19 heavy (non-hydrogen) atoms. The zero-order valence-electron chi connectivity index (χ0n) is 11.4. The van der Waals surface area contributed by atoms with Crippen LogP contribution < -0.4 is 5.73 Å². The highest BCUT2D eigenvalue weighted by atomic mass is 16.2. The lowest BCUT2D eigenvalue weighted by atomic mass is 10.0. The SMILES string of the molecule is CCc1cc(CN2C(=O)CCC(N)C2=O)n(CC)n1. The second kappa shape index (κ2) is 5.52. The molecule has 0 aromatic carbocycles. The van der Waals surface area contributed by atoms with Gasteiger partial charge in [0.25, 0.3) is 0 Å². The summed E-state index contributed by atoms with van der Waals surface area (Å²) in [5.74, 6) is -0.424. The molecule has 2 heterocycles. The van der Waals surface area contributed by atoms with Gasteiger partial charge in [0, 0.05) is 13.0 Å². The average Bonchev–Trinajstić information content (AvgIpc) is 2.81. The Morgan fingerprint density at radius 3 is 2.79 bits per heavy atom. The van der Waals surface area contributed by atoms with Gasteiger partial charge in [0.15, 0.2) is 0 Å². The number of aromatic nitrogens is 2. The van der Waals surface area contributed by atoms with Crippen LogP contribution in [0.4, 0.5) is 0 Å². The molecule has 1 aliphatic heterocycles. The maximum absolute atomic E-state index is 12.0. The van der Waals surface area contributed by atoms with Gasteiger partial charge in [-0.1, -0.05) is 6.92 Å². The molecular formula is C13H20N4O2. The molecule has 6 nitrogen and oxygen atoms in total. The lowest BCUT2D eigenvalue weighted by Gasteiger charge is -2.28. The summed E-state index contributed by atoms with van der Waals surface area (Å²) in [5.41, 5.74) is 7.58. The smallest absolute Gasteiger partial charge is 0.246 e. The lowest BCUT2D eigenvalue weighted by molar-refractivity contribution is -0.150. The van der Waals surface area contributed by atoms with Gasteiger partial charge in [0.05, 0.1) is 24.0 Å². The Morgan fingerprint density at radius 2 is 2.16 bits per heavy atom. The van der Waals surface area contributed by atoms with E-state index < -0.39 is 6.04 Å². The van der Waals surface area contributed by atoms with Crippen molar-refractivity contribution in [3.8, 4) is 0 Å². The molecule has 2 rings (SSSR count). The summed E-state index contributed by atoms with van der Waals surface area (Å²) in [4.78, 5) is 25.1. The number of rotatable bonds is 4. The first-order valence-electron chi connectivity index (χ1n) is 6.72. The molecule has 1 aromatic rings. The molecule has 1 atom stereocenters. The van der Waals surface area contributed by atoms with E-state index in [-0.39, 0.29) is 18.4 Å². The molecule has 0 saturated carbocycles. The quantitative estimate of drug-likeness (QED) is 0.800. The van der Waals surface area contributed by atoms with Gasteiger partial charge in [0.1, 0.15) is 0 Å². The average molecular weight is 264 g/mol. The molecule has 0 bridgehead atoms. The highest BCUT2D eigenvalue weighted by Crippen LogP contribution is 2.16. The van der Waals surface area contributed by atoms with Crippen LogP contribution >= 0.6 is 0 Å². The van der Waals surface area contributed by atoms with Gasteiger partial charge < -0.3 is 5.73 Å². The van der Waals surface area contributed by atoms with Crippen molar-refractivity contribution in [2.75, 3.05) is 0 Å². The van der Waals surface area contributed by atoms with Crippen molar-refractivity contribution in [1.29, 1.82) is 0 Å². The summed E-state index contributed by atoms with van der Waals surface area (Å²) in [6.45, 7) is 5.00. The first kappa shape index (κ1) is 13.7. The highest BCUT2D eigenvalue weighted by molar-refractivity contribution is 6.00. The lowest BCUT2D eigenvalue weighted by Crippen LogP contribution is -2.50. The zero-order chi connectivity index (χ0) is 14.0. The Labute approximate surface area is 112 Å². The van der Waals surface area contributed by atoms with Gasteiger partial charge in [0.2, 0.25) is 11.8 Å². The second-order valence-electron chi connectivity index (χ2n) is 4.76. The third kappa shape index (κ3) is 2.68. The number of hydrogen-bond acceptors (Lipinski definition) is 4. The van der Waals surface area contributed by atoms with Crippen molar-refractivity contribution < 1.29 is 9.59 Å². The van der Waals surface area contributed by atoms with Gasteiger partial charge in [-0.3, -0.25) is 19.2 Å². The highest BCUT2D eigenvalue weighted by Gasteiger charge is 2.32. The van der Waals surface area contributed by atoms with Crippen LogP contribution in [0, 0.1) is 0 Å². The van der Waals surface area contributed by atoms with Gasteiger partial charge in [-0.25, -0.2) is 0 Å². The zero-order valence-corrected chi connectivity index (χ0v) is 11.4. The predicted octanol–water partition coefficient (Wildman–Crippen LogP) is 0.442. The number of likely N-dealkylation sites (tertiary alicyclic amines) is 1. The molecule has 1 unspecified atom stereocenters. The molecule has 1 saturated heterocycles. The van der Waals surface area contributed by atoms with Crippen LogP contribution in [0.1, 0.15) is 38.1 Å². The van der Waals surface area contributed by atoms with Crippen LogP contribution in [-0.2, 0) is 29.1 Å². The third-order valence-electron chi connectivity index (χ3n) is 3.45. The first-order valence-corrected chi connectivity index (χ1v) is 6.72. The van der Waals surface area contributed by atoms with Crippen LogP contribution in [0.5, 0.6) is 0 Å². The Kier molecular flexibility index (Phi) is 3.99. The van der Waals surface area contributed by atoms with E-state index in [1.165, 1.54) is 4.90 Å². The van der Waals surface area contributed by atoms with Crippen LogP contribution in [-0.4, -0.2) is 32.5 Å². The van der Waals surface area contributed by atoms with Gasteiger partial charge in [-0.2, -0.15) is 5.10 Å². The van der Waals surface area contributed by atoms with E-state index in [0.29, 0.717) is 12.8 Å². The summed E-state index contributed by atoms with van der Waals surface area (Å²) in [5, 5.41) is 4.42. The van der Waals surface area contributed by atoms with E-state index in [1.54, 1.807) is 0 Å². The molecule has 0 spiro atoms. The summed E-state index contributed by atoms with van der Waals surface area (Å²) in [6.07, 6.45) is 1.62. The molecule has 2 N–H and O–H groups in total. The van der Waals surface area contributed by atoms with E-state index in [4.69, 9.17) is 5.73 Å². The molecule has 6 heteroatoms. The minimum absolute atomic E-state index is 0.145. The monoisotopic (exact) mass is 264 g/mol. The fourth-order valence-electron chi connectivity index (χ4n) is 2.28. The summed E-state index contributed by atoms with van der Waals surface area (Å²) < 4.78 is 1.83. The molecular weight excluding hydrogens is 244 g/mol. The molecule has 0 aliphatic carbocycles. The summed E-state index contributed by atoms with van der Waals surface area (Å²) in [6, 6.07) is 1.39. The number of piperidine rings is 1. The van der Waals surface area contributed by atoms with E-state index in [0.717, 1.165) is 24.4 Å². The molecule has 1 fully saturated rings. The maximum atomic E-state index is 12.0. The normalized spacial score (nSPS) is 20.2. The largest absolute Gasteiger partial charge is 0.320 e. The number of aryl methyl sites for hydroxylation is 2. The summed E-state index contributed by atoms with van der Waals surface area (Å²) in [7, 11) is 0. The Balaban J connectivity index is 2.21. The maximum Gasteiger partial charge on any atom is 0.246 e. The number of carbonyl (C=O) groups excluding carboxylic acids is 2. The first-order chi connectivity index (χ1) is 9.06. The van der Waals surface area contributed by atoms with Crippen molar-refractivity contribution in [2.45, 2.75) is 52.2 Å². The molecule has 1 aromatic heterocycles.